The molecular formula is C17H19NO2S. The van der Waals surface area contributed by atoms with Gasteiger partial charge in [0.1, 0.15) is 4.99 Å². The van der Waals surface area contributed by atoms with Gasteiger partial charge in [0.25, 0.3) is 0 Å². The molecule has 0 amide bonds. The molecule has 21 heavy (non-hydrogen) atoms. The normalized spacial score (nSPS) is 13.4. The van der Waals surface area contributed by atoms with Crippen molar-refractivity contribution in [1.82, 2.24) is 5.32 Å². The average Bonchev–Trinajstić information content (AvgIpc) is 2.55. The molecule has 3 nitrogen and oxygen atoms in total. The Labute approximate surface area is 130 Å². The summed E-state index contributed by atoms with van der Waals surface area (Å²) in [4.78, 5) is 0.634. The lowest BCUT2D eigenvalue weighted by atomic mass is 10.0. The molecule has 2 rings (SSSR count). The van der Waals surface area contributed by atoms with E-state index in [2.05, 4.69) is 5.32 Å². The van der Waals surface area contributed by atoms with Crippen LogP contribution in [0.5, 0.6) is 0 Å². The average molecular weight is 301 g/mol. The molecule has 2 atom stereocenters. The number of rotatable bonds is 6. The minimum atomic E-state index is -0.777. The molecule has 0 spiro atoms. The first-order valence-corrected chi connectivity index (χ1v) is 7.31. The SMILES string of the molecule is OCC(O)CC(NC(=S)c1ccccc1)c1ccccc1. The largest absolute Gasteiger partial charge is 0.394 e. The second-order valence-electron chi connectivity index (χ2n) is 4.87. The molecule has 3 N–H and O–H groups in total. The molecule has 0 bridgehead atoms. The Morgan fingerprint density at radius 1 is 1.00 bits per heavy atom. The number of aliphatic hydroxyl groups is 2. The summed E-state index contributed by atoms with van der Waals surface area (Å²) in [5.74, 6) is 0. The molecule has 0 heterocycles. The van der Waals surface area contributed by atoms with Gasteiger partial charge in [-0.2, -0.15) is 0 Å². The minimum Gasteiger partial charge on any atom is -0.394 e. The summed E-state index contributed by atoms with van der Waals surface area (Å²) in [6.07, 6.45) is -0.380. The molecule has 0 fully saturated rings. The minimum absolute atomic E-state index is 0.138. The lowest BCUT2D eigenvalue weighted by molar-refractivity contribution is 0.0809. The Balaban J connectivity index is 2.14. The number of thiocarbonyl (C=S) groups is 1. The van der Waals surface area contributed by atoms with Crippen LogP contribution in [0.3, 0.4) is 0 Å². The monoisotopic (exact) mass is 301 g/mol. The van der Waals surface area contributed by atoms with Crippen LogP contribution in [0.2, 0.25) is 0 Å². The maximum absolute atomic E-state index is 9.74. The summed E-state index contributed by atoms with van der Waals surface area (Å²) in [6, 6.07) is 19.4. The van der Waals surface area contributed by atoms with E-state index in [0.717, 1.165) is 11.1 Å². The van der Waals surface area contributed by atoms with Crippen LogP contribution in [-0.2, 0) is 0 Å². The number of hydrogen-bond acceptors (Lipinski definition) is 3. The van der Waals surface area contributed by atoms with Gasteiger partial charge in [-0.3, -0.25) is 0 Å². The Morgan fingerprint density at radius 2 is 1.57 bits per heavy atom. The van der Waals surface area contributed by atoms with Gasteiger partial charge in [0.15, 0.2) is 0 Å². The maximum atomic E-state index is 9.74. The zero-order chi connectivity index (χ0) is 15.1. The Hall–Kier alpha value is -1.75. The molecule has 0 aromatic heterocycles. The highest BCUT2D eigenvalue weighted by molar-refractivity contribution is 7.80. The molecule has 2 aromatic carbocycles. The van der Waals surface area contributed by atoms with Gasteiger partial charge >= 0.3 is 0 Å². The topological polar surface area (TPSA) is 52.5 Å². The van der Waals surface area contributed by atoms with Crippen LogP contribution in [0, 0.1) is 0 Å². The second kappa shape index (κ2) is 7.88. The molecule has 0 aliphatic heterocycles. The van der Waals surface area contributed by atoms with Crippen LogP contribution >= 0.6 is 12.2 Å². The van der Waals surface area contributed by atoms with Gasteiger partial charge in [-0.1, -0.05) is 72.9 Å². The van der Waals surface area contributed by atoms with Gasteiger partial charge < -0.3 is 15.5 Å². The fourth-order valence-electron chi connectivity index (χ4n) is 2.14. The van der Waals surface area contributed by atoms with E-state index in [1.54, 1.807) is 0 Å². The van der Waals surface area contributed by atoms with E-state index < -0.39 is 6.10 Å². The van der Waals surface area contributed by atoms with Gasteiger partial charge in [-0.25, -0.2) is 0 Å². The second-order valence-corrected chi connectivity index (χ2v) is 5.28. The molecule has 2 unspecified atom stereocenters. The lowest BCUT2D eigenvalue weighted by Crippen LogP contribution is -2.31. The van der Waals surface area contributed by atoms with Crippen molar-refractivity contribution in [2.75, 3.05) is 6.61 Å². The summed E-state index contributed by atoms with van der Waals surface area (Å²) in [5, 5.41) is 22.1. The third kappa shape index (κ3) is 4.63. The van der Waals surface area contributed by atoms with Crippen LogP contribution in [0.1, 0.15) is 23.6 Å². The maximum Gasteiger partial charge on any atom is 0.107 e. The smallest absolute Gasteiger partial charge is 0.107 e. The van der Waals surface area contributed by atoms with Crippen LogP contribution in [0.15, 0.2) is 60.7 Å². The number of nitrogens with one attached hydrogen (secondary N) is 1. The van der Waals surface area contributed by atoms with Crippen molar-refractivity contribution >= 4 is 17.2 Å². The van der Waals surface area contributed by atoms with Crippen molar-refractivity contribution in [1.29, 1.82) is 0 Å². The van der Waals surface area contributed by atoms with Crippen LogP contribution in [0.4, 0.5) is 0 Å². The number of aliphatic hydroxyl groups excluding tert-OH is 2. The van der Waals surface area contributed by atoms with E-state index in [0.29, 0.717) is 11.4 Å². The van der Waals surface area contributed by atoms with Crippen LogP contribution in [-0.4, -0.2) is 27.9 Å². The van der Waals surface area contributed by atoms with Crippen LogP contribution < -0.4 is 5.32 Å². The summed E-state index contributed by atoms with van der Waals surface area (Å²) in [6.45, 7) is -0.261. The van der Waals surface area contributed by atoms with E-state index >= 15 is 0 Å². The van der Waals surface area contributed by atoms with Gasteiger partial charge in [-0.05, 0) is 12.0 Å². The van der Waals surface area contributed by atoms with Crippen LogP contribution in [0.25, 0.3) is 0 Å². The molecular weight excluding hydrogens is 282 g/mol. The third-order valence-corrected chi connectivity index (χ3v) is 3.62. The Morgan fingerprint density at radius 3 is 2.14 bits per heavy atom. The zero-order valence-corrected chi connectivity index (χ0v) is 12.5. The fourth-order valence-corrected chi connectivity index (χ4v) is 2.42. The van der Waals surface area contributed by atoms with E-state index in [4.69, 9.17) is 17.3 Å². The predicted octanol–water partition coefficient (Wildman–Crippen LogP) is 2.44. The van der Waals surface area contributed by atoms with Crippen molar-refractivity contribution in [2.24, 2.45) is 0 Å². The van der Waals surface area contributed by atoms with Crippen molar-refractivity contribution < 1.29 is 10.2 Å². The lowest BCUT2D eigenvalue weighted by Gasteiger charge is -2.23. The number of hydrogen-bond donors (Lipinski definition) is 3. The van der Waals surface area contributed by atoms with Gasteiger partial charge in [0.2, 0.25) is 0 Å². The highest BCUT2D eigenvalue weighted by Crippen LogP contribution is 2.19. The summed E-state index contributed by atoms with van der Waals surface area (Å²) in [5.41, 5.74) is 1.97. The van der Waals surface area contributed by atoms with E-state index in [9.17, 15) is 5.11 Å². The quantitative estimate of drug-likeness (QED) is 0.717. The molecule has 4 heteroatoms. The Kier molecular flexibility index (Phi) is 5.87. The van der Waals surface area contributed by atoms with E-state index in [1.807, 2.05) is 60.7 Å². The van der Waals surface area contributed by atoms with Crippen molar-refractivity contribution in [2.45, 2.75) is 18.6 Å². The Bertz CT molecular complexity index is 560. The summed E-state index contributed by atoms with van der Waals surface area (Å²) < 4.78 is 0. The highest BCUT2D eigenvalue weighted by atomic mass is 32.1. The molecule has 0 saturated carbocycles. The predicted molar refractivity (Wildman–Crippen MR) is 88.2 cm³/mol. The van der Waals surface area contributed by atoms with Crippen molar-refractivity contribution in [3.05, 3.63) is 71.8 Å². The highest BCUT2D eigenvalue weighted by Gasteiger charge is 2.17. The van der Waals surface area contributed by atoms with E-state index in [1.165, 1.54) is 0 Å². The van der Waals surface area contributed by atoms with Gasteiger partial charge in [0.05, 0.1) is 18.8 Å². The van der Waals surface area contributed by atoms with Crippen molar-refractivity contribution in [3.63, 3.8) is 0 Å². The first-order chi connectivity index (χ1) is 10.2. The molecule has 2 aromatic rings. The standard InChI is InChI=1S/C17H19NO2S/c19-12-15(20)11-16(13-7-3-1-4-8-13)18-17(21)14-9-5-2-6-10-14/h1-10,15-16,19-20H,11-12H2,(H,18,21). The molecule has 0 radical (unpaired) electrons. The first kappa shape index (κ1) is 15.6. The molecule has 110 valence electrons. The molecule has 0 aliphatic rings. The third-order valence-electron chi connectivity index (χ3n) is 3.26. The summed E-state index contributed by atoms with van der Waals surface area (Å²) in [7, 11) is 0. The van der Waals surface area contributed by atoms with Gasteiger partial charge in [0, 0.05) is 5.56 Å². The molecule has 0 saturated heterocycles. The fraction of sp³-hybridized carbons (Fsp3) is 0.235. The van der Waals surface area contributed by atoms with E-state index in [-0.39, 0.29) is 12.6 Å². The van der Waals surface area contributed by atoms with Gasteiger partial charge in [-0.15, -0.1) is 0 Å². The zero-order valence-electron chi connectivity index (χ0n) is 11.6. The number of benzene rings is 2. The first-order valence-electron chi connectivity index (χ1n) is 6.90. The summed E-state index contributed by atoms with van der Waals surface area (Å²) >= 11 is 5.43. The van der Waals surface area contributed by atoms with Crippen molar-refractivity contribution in [3.8, 4) is 0 Å². The molecule has 0 aliphatic carbocycles.